The molecule has 0 aliphatic rings. The molecule has 4 aromatic rings. The van der Waals surface area contributed by atoms with Gasteiger partial charge in [0.05, 0.1) is 5.69 Å². The first-order valence-electron chi connectivity index (χ1n) is 9.91. The van der Waals surface area contributed by atoms with Crippen LogP contribution in [-0.2, 0) is 0 Å². The number of fused-ring (bicyclic) bond motifs is 1. The maximum atomic E-state index is 14.5. The fourth-order valence-corrected chi connectivity index (χ4v) is 4.19. The van der Waals surface area contributed by atoms with Crippen molar-refractivity contribution in [3.8, 4) is 11.3 Å². The molecule has 2 aromatic heterocycles. The number of aromatic nitrogens is 2. The van der Waals surface area contributed by atoms with Gasteiger partial charge >= 0.3 is 7.40 Å². The summed E-state index contributed by atoms with van der Waals surface area (Å²) in [4.78, 5) is 3.27. The van der Waals surface area contributed by atoms with Crippen LogP contribution in [0, 0.1) is 27.7 Å². The van der Waals surface area contributed by atoms with Gasteiger partial charge in [0.25, 0.3) is 0 Å². The maximum Gasteiger partial charge on any atom is 0.679 e. The highest BCUT2D eigenvalue weighted by molar-refractivity contribution is 6.44. The number of halogens is 2. The van der Waals surface area contributed by atoms with E-state index in [1.165, 1.54) is 0 Å². The Morgan fingerprint density at radius 2 is 1.67 bits per heavy atom. The number of aromatic amines is 1. The molecule has 0 atom stereocenters. The molecule has 0 amide bonds. The van der Waals surface area contributed by atoms with Crippen molar-refractivity contribution < 1.29 is 8.63 Å². The highest BCUT2D eigenvalue weighted by Gasteiger charge is 2.30. The number of nitrogens with zero attached hydrogens (tertiary/aromatic N) is 1. The van der Waals surface area contributed by atoms with Gasteiger partial charge in [0, 0.05) is 22.0 Å². The van der Waals surface area contributed by atoms with Crippen LogP contribution >= 0.6 is 0 Å². The predicted molar refractivity (Wildman–Crippen MR) is 124 cm³/mol. The molecule has 0 spiro atoms. The molecule has 0 fully saturated rings. The third-order valence-electron chi connectivity index (χ3n) is 5.92. The summed E-state index contributed by atoms with van der Waals surface area (Å²) in [6.07, 6.45) is 1.78. The molecule has 0 saturated carbocycles. The largest absolute Gasteiger partial charge is 0.679 e. The van der Waals surface area contributed by atoms with Crippen LogP contribution in [0.5, 0.6) is 0 Å². The van der Waals surface area contributed by atoms with E-state index in [1.54, 1.807) is 6.08 Å². The summed E-state index contributed by atoms with van der Waals surface area (Å²) in [5.74, 6) is 1.07. The second-order valence-corrected chi connectivity index (χ2v) is 7.63. The van der Waals surface area contributed by atoms with Crippen LogP contribution in [0.1, 0.15) is 27.9 Å². The van der Waals surface area contributed by atoms with Crippen molar-refractivity contribution in [2.45, 2.75) is 27.7 Å². The standard InChI is InChI=1S/C24H24BF2N3/c1-6-18-16(4)23(28-17(18)5)29-24-21-12-8-7-11-20(21)22(30(24)25(26)27)19-13-9-10-14(2)15(19)3/h6-13,28-29H,1H2,2-5H3. The van der Waals surface area contributed by atoms with Crippen molar-refractivity contribution in [1.29, 1.82) is 0 Å². The lowest BCUT2D eigenvalue weighted by molar-refractivity contribution is 0.633. The lowest BCUT2D eigenvalue weighted by Gasteiger charge is -2.15. The van der Waals surface area contributed by atoms with E-state index in [4.69, 9.17) is 0 Å². The maximum absolute atomic E-state index is 14.5. The van der Waals surface area contributed by atoms with Crippen molar-refractivity contribution >= 4 is 35.9 Å². The second-order valence-electron chi connectivity index (χ2n) is 7.63. The molecule has 4 rings (SSSR count). The summed E-state index contributed by atoms with van der Waals surface area (Å²) < 4.78 is 30.1. The molecule has 0 bridgehead atoms. The quantitative estimate of drug-likeness (QED) is 0.345. The first-order valence-corrected chi connectivity index (χ1v) is 9.91. The van der Waals surface area contributed by atoms with E-state index in [0.717, 1.165) is 48.8 Å². The Bertz CT molecular complexity index is 1270. The van der Waals surface area contributed by atoms with Crippen molar-refractivity contribution in [3.05, 3.63) is 77.0 Å². The summed E-state index contributed by atoms with van der Waals surface area (Å²) in [5.41, 5.74) is 6.27. The van der Waals surface area contributed by atoms with E-state index in [2.05, 4.69) is 16.9 Å². The zero-order valence-electron chi connectivity index (χ0n) is 17.6. The normalized spacial score (nSPS) is 11.1. The number of hydrogen-bond acceptors (Lipinski definition) is 1. The van der Waals surface area contributed by atoms with E-state index < -0.39 is 7.40 Å². The summed E-state index contributed by atoms with van der Waals surface area (Å²) in [5, 5.41) is 4.81. The predicted octanol–water partition coefficient (Wildman–Crippen LogP) is 7.03. The molecule has 2 heterocycles. The Morgan fingerprint density at radius 1 is 0.967 bits per heavy atom. The van der Waals surface area contributed by atoms with Crippen LogP contribution in [0.15, 0.2) is 49.0 Å². The SMILES string of the molecule is C=Cc1c(C)[nH]c(Nc2c3ccccc3c(-c3cccc(C)c3C)n2B(F)F)c1C. The Hall–Kier alpha value is -3.28. The number of benzene rings is 2. The summed E-state index contributed by atoms with van der Waals surface area (Å²) in [6.45, 7) is 11.7. The van der Waals surface area contributed by atoms with Crippen molar-refractivity contribution in [3.63, 3.8) is 0 Å². The lowest BCUT2D eigenvalue weighted by atomic mass is 9.98. The summed E-state index contributed by atoms with van der Waals surface area (Å²) >= 11 is 0. The molecular weight excluding hydrogens is 379 g/mol. The number of aryl methyl sites for hydroxylation is 2. The zero-order valence-corrected chi connectivity index (χ0v) is 17.6. The van der Waals surface area contributed by atoms with Crippen LogP contribution in [0.25, 0.3) is 28.1 Å². The third kappa shape index (κ3) is 3.03. The zero-order chi connectivity index (χ0) is 21.6. The average molecular weight is 403 g/mol. The van der Waals surface area contributed by atoms with Crippen LogP contribution in [0.4, 0.5) is 20.3 Å². The van der Waals surface area contributed by atoms with E-state index in [-0.39, 0.29) is 0 Å². The van der Waals surface area contributed by atoms with E-state index in [9.17, 15) is 8.63 Å². The van der Waals surface area contributed by atoms with Crippen LogP contribution in [0.3, 0.4) is 0 Å². The first-order chi connectivity index (χ1) is 14.3. The molecule has 0 aliphatic carbocycles. The molecule has 2 aromatic carbocycles. The average Bonchev–Trinajstić information content (AvgIpc) is 3.18. The molecule has 2 N–H and O–H groups in total. The molecule has 152 valence electrons. The minimum Gasteiger partial charge on any atom is -0.345 e. The lowest BCUT2D eigenvalue weighted by Crippen LogP contribution is -2.17. The fraction of sp³-hybridized carbons (Fsp3) is 0.167. The number of rotatable bonds is 5. The van der Waals surface area contributed by atoms with Gasteiger partial charge in [-0.05, 0) is 49.9 Å². The molecule has 0 radical (unpaired) electrons. The Kier molecular flexibility index (Phi) is 5.02. The minimum absolute atomic E-state index is 0.372. The van der Waals surface area contributed by atoms with E-state index >= 15 is 0 Å². The number of anilines is 2. The number of nitrogens with one attached hydrogen (secondary N) is 2. The molecule has 0 saturated heterocycles. The van der Waals surface area contributed by atoms with Crippen molar-refractivity contribution in [2.24, 2.45) is 0 Å². The first kappa shape index (κ1) is 20.0. The summed E-state index contributed by atoms with van der Waals surface area (Å²) in [6, 6.07) is 13.4. The molecular formula is C24H24BF2N3. The van der Waals surface area contributed by atoms with Gasteiger partial charge in [-0.3, -0.25) is 8.63 Å². The van der Waals surface area contributed by atoms with Gasteiger partial charge in [-0.1, -0.05) is 55.1 Å². The van der Waals surface area contributed by atoms with Crippen molar-refractivity contribution in [2.75, 3.05) is 5.32 Å². The van der Waals surface area contributed by atoms with Crippen molar-refractivity contribution in [1.82, 2.24) is 9.46 Å². The van der Waals surface area contributed by atoms with Crippen LogP contribution in [0.2, 0.25) is 0 Å². The van der Waals surface area contributed by atoms with Crippen LogP contribution < -0.4 is 5.32 Å². The Morgan fingerprint density at radius 3 is 2.30 bits per heavy atom. The molecule has 30 heavy (non-hydrogen) atoms. The molecule has 6 heteroatoms. The topological polar surface area (TPSA) is 32.8 Å². The van der Waals surface area contributed by atoms with Gasteiger partial charge in [-0.15, -0.1) is 0 Å². The second kappa shape index (κ2) is 7.52. The smallest absolute Gasteiger partial charge is 0.345 e. The molecule has 3 nitrogen and oxygen atoms in total. The molecule has 0 aliphatic heterocycles. The van der Waals surface area contributed by atoms with Gasteiger partial charge in [-0.2, -0.15) is 0 Å². The highest BCUT2D eigenvalue weighted by atomic mass is 19.2. The number of hydrogen-bond donors (Lipinski definition) is 2. The molecule has 0 unspecified atom stereocenters. The summed E-state index contributed by atoms with van der Waals surface area (Å²) in [7, 11) is -2.70. The Labute approximate surface area is 175 Å². The van der Waals surface area contributed by atoms with Gasteiger partial charge in [0.1, 0.15) is 11.6 Å². The highest BCUT2D eigenvalue weighted by Crippen LogP contribution is 2.41. The fourth-order valence-electron chi connectivity index (χ4n) is 4.19. The van der Waals surface area contributed by atoms with Crippen LogP contribution in [-0.4, -0.2) is 16.9 Å². The van der Waals surface area contributed by atoms with Gasteiger partial charge < -0.3 is 14.8 Å². The van der Waals surface area contributed by atoms with Gasteiger partial charge in [-0.25, -0.2) is 0 Å². The van der Waals surface area contributed by atoms with Gasteiger partial charge in [0.2, 0.25) is 0 Å². The van der Waals surface area contributed by atoms with E-state index in [1.807, 2.05) is 70.2 Å². The van der Waals surface area contributed by atoms with Gasteiger partial charge in [0.15, 0.2) is 0 Å². The Balaban J connectivity index is 2.03. The monoisotopic (exact) mass is 403 g/mol. The minimum atomic E-state index is -2.70. The van der Waals surface area contributed by atoms with E-state index in [0.29, 0.717) is 17.3 Å². The third-order valence-corrected chi connectivity index (χ3v) is 5.92. The number of H-pyrrole nitrogens is 1.